The molecule has 4 fully saturated rings. The van der Waals surface area contributed by atoms with Gasteiger partial charge >= 0.3 is 0 Å². The van der Waals surface area contributed by atoms with E-state index in [1.165, 1.54) is 44.9 Å². The first-order valence-corrected chi connectivity index (χ1v) is 9.78. The molecule has 0 heterocycles. The predicted octanol–water partition coefficient (Wildman–Crippen LogP) is 4.00. The maximum atomic E-state index is 10.4. The summed E-state index contributed by atoms with van der Waals surface area (Å²) in [6.45, 7) is 4.94. The highest BCUT2D eigenvalue weighted by molar-refractivity contribution is 5.06. The topological polar surface area (TPSA) is 40.5 Å². The van der Waals surface area contributed by atoms with Gasteiger partial charge in [-0.15, -0.1) is 0 Å². The van der Waals surface area contributed by atoms with Crippen LogP contribution in [-0.2, 0) is 0 Å². The highest BCUT2D eigenvalue weighted by Crippen LogP contribution is 2.64. The van der Waals surface area contributed by atoms with Crippen molar-refractivity contribution in [3.05, 3.63) is 0 Å². The van der Waals surface area contributed by atoms with Gasteiger partial charge in [-0.1, -0.05) is 6.92 Å². The summed E-state index contributed by atoms with van der Waals surface area (Å²) >= 11 is 0. The Bertz CT molecular complexity index is 431. The molecule has 0 saturated heterocycles. The molecule has 0 unspecified atom stereocenters. The molecule has 2 N–H and O–H groups in total. The molecule has 0 aromatic carbocycles. The van der Waals surface area contributed by atoms with Crippen molar-refractivity contribution in [3.8, 4) is 0 Å². The summed E-state index contributed by atoms with van der Waals surface area (Å²) in [6, 6.07) is 0. The van der Waals surface area contributed by atoms with E-state index in [1.807, 2.05) is 0 Å². The van der Waals surface area contributed by atoms with Crippen LogP contribution in [0.25, 0.3) is 0 Å². The van der Waals surface area contributed by atoms with Gasteiger partial charge in [0.1, 0.15) is 0 Å². The van der Waals surface area contributed by atoms with Crippen LogP contribution in [0, 0.1) is 40.9 Å². The van der Waals surface area contributed by atoms with Crippen LogP contribution in [0.5, 0.6) is 0 Å². The van der Waals surface area contributed by atoms with Crippen LogP contribution in [-0.4, -0.2) is 22.4 Å². The molecule has 8 atom stereocenters. The molecule has 2 heteroatoms. The van der Waals surface area contributed by atoms with E-state index in [9.17, 15) is 10.2 Å². The molecule has 4 rings (SSSR count). The van der Waals surface area contributed by atoms with Crippen molar-refractivity contribution in [2.45, 2.75) is 77.2 Å². The number of aliphatic hydroxyl groups excluding tert-OH is 1. The summed E-state index contributed by atoms with van der Waals surface area (Å²) in [5.41, 5.74) is 0.0233. The van der Waals surface area contributed by atoms with E-state index >= 15 is 0 Å². The Labute approximate surface area is 135 Å². The average molecular weight is 306 g/mol. The molecule has 0 spiro atoms. The molecule has 0 radical (unpaired) electrons. The molecular formula is C20H34O2. The van der Waals surface area contributed by atoms with Crippen molar-refractivity contribution in [2.24, 2.45) is 40.9 Å². The zero-order valence-electron chi connectivity index (χ0n) is 14.4. The van der Waals surface area contributed by atoms with Crippen molar-refractivity contribution >= 4 is 0 Å². The Balaban J connectivity index is 1.54. The number of aliphatic hydroxyl groups is 2. The summed E-state index contributed by atoms with van der Waals surface area (Å²) in [5.74, 6) is 4.93. The Kier molecular flexibility index (Phi) is 3.66. The first kappa shape index (κ1) is 15.4. The second-order valence-corrected chi connectivity index (χ2v) is 9.68. The van der Waals surface area contributed by atoms with E-state index < -0.39 is 5.60 Å². The Morgan fingerprint density at radius 2 is 1.64 bits per heavy atom. The molecule has 0 amide bonds. The van der Waals surface area contributed by atoms with Gasteiger partial charge in [0.2, 0.25) is 0 Å². The van der Waals surface area contributed by atoms with E-state index in [4.69, 9.17) is 0 Å². The Morgan fingerprint density at radius 1 is 0.864 bits per heavy atom. The van der Waals surface area contributed by atoms with Crippen LogP contribution in [0.2, 0.25) is 0 Å². The molecule has 2 nitrogen and oxygen atoms in total. The summed E-state index contributed by atoms with van der Waals surface area (Å²) in [7, 11) is 0. The van der Waals surface area contributed by atoms with E-state index in [0.29, 0.717) is 17.9 Å². The van der Waals surface area contributed by atoms with Gasteiger partial charge in [-0.05, 0) is 106 Å². The predicted molar refractivity (Wildman–Crippen MR) is 88.3 cm³/mol. The van der Waals surface area contributed by atoms with Gasteiger partial charge in [-0.2, -0.15) is 0 Å². The third-order valence-electron chi connectivity index (χ3n) is 8.65. The standard InChI is InChI=1S/C20H34O2/c1-19(22)9-7-15-13(11-19)3-5-17-16(15)8-10-20(2)14(12-21)4-6-18(17)20/h13-18,21-22H,3-12H2,1-2H3/t13-,14-,15+,16-,17-,18+,19-,20-/m1/s1. The monoisotopic (exact) mass is 306 g/mol. The molecule has 22 heavy (non-hydrogen) atoms. The highest BCUT2D eigenvalue weighted by atomic mass is 16.3. The minimum atomic E-state index is -0.396. The summed E-state index contributed by atoms with van der Waals surface area (Å²) in [4.78, 5) is 0. The first-order chi connectivity index (χ1) is 10.4. The van der Waals surface area contributed by atoms with Gasteiger partial charge in [0.15, 0.2) is 0 Å². The molecule has 4 aliphatic rings. The Hall–Kier alpha value is -0.0800. The van der Waals surface area contributed by atoms with Gasteiger partial charge < -0.3 is 10.2 Å². The number of hydrogen-bond donors (Lipinski definition) is 2. The quantitative estimate of drug-likeness (QED) is 0.769. The number of rotatable bonds is 1. The second kappa shape index (κ2) is 5.21. The van der Waals surface area contributed by atoms with Crippen molar-refractivity contribution in [1.82, 2.24) is 0 Å². The molecule has 0 bridgehead atoms. The smallest absolute Gasteiger partial charge is 0.0622 e. The fraction of sp³-hybridized carbons (Fsp3) is 1.00. The van der Waals surface area contributed by atoms with Crippen LogP contribution < -0.4 is 0 Å². The normalized spacial score (nSPS) is 57.8. The molecule has 0 aliphatic heterocycles. The van der Waals surface area contributed by atoms with Crippen molar-refractivity contribution in [1.29, 1.82) is 0 Å². The molecule has 4 saturated carbocycles. The molecule has 0 aromatic rings. The van der Waals surface area contributed by atoms with Gasteiger partial charge in [0, 0.05) is 6.61 Å². The van der Waals surface area contributed by atoms with E-state index in [-0.39, 0.29) is 0 Å². The zero-order valence-corrected chi connectivity index (χ0v) is 14.4. The minimum Gasteiger partial charge on any atom is -0.396 e. The van der Waals surface area contributed by atoms with Crippen LogP contribution in [0.15, 0.2) is 0 Å². The van der Waals surface area contributed by atoms with Crippen molar-refractivity contribution in [2.75, 3.05) is 6.61 Å². The van der Waals surface area contributed by atoms with Crippen molar-refractivity contribution in [3.63, 3.8) is 0 Å². The summed E-state index contributed by atoms with van der Waals surface area (Å²) in [5, 5.41) is 20.2. The van der Waals surface area contributed by atoms with Crippen LogP contribution in [0.4, 0.5) is 0 Å². The largest absolute Gasteiger partial charge is 0.396 e. The molecular weight excluding hydrogens is 272 g/mol. The van der Waals surface area contributed by atoms with Gasteiger partial charge in [0.25, 0.3) is 0 Å². The van der Waals surface area contributed by atoms with Gasteiger partial charge in [-0.25, -0.2) is 0 Å². The van der Waals surface area contributed by atoms with E-state index in [0.717, 1.165) is 42.4 Å². The number of fused-ring (bicyclic) bond motifs is 5. The van der Waals surface area contributed by atoms with Gasteiger partial charge in [0.05, 0.1) is 5.60 Å². The SMILES string of the molecule is C[C@@]1(O)CC[C@H]2[C@H](CC[C@@H]3[C@@H]2CC[C@]2(C)[C@@H](CO)CC[C@@H]32)C1. The van der Waals surface area contributed by atoms with Crippen molar-refractivity contribution < 1.29 is 10.2 Å². The lowest BCUT2D eigenvalue weighted by atomic mass is 9.49. The molecule has 0 aromatic heterocycles. The summed E-state index contributed by atoms with van der Waals surface area (Å²) in [6.07, 6.45) is 11.4. The van der Waals surface area contributed by atoms with Crippen LogP contribution in [0.3, 0.4) is 0 Å². The fourth-order valence-electron chi connectivity index (χ4n) is 7.49. The Morgan fingerprint density at radius 3 is 2.41 bits per heavy atom. The second-order valence-electron chi connectivity index (χ2n) is 9.68. The average Bonchev–Trinajstić information content (AvgIpc) is 2.82. The number of hydrogen-bond acceptors (Lipinski definition) is 2. The maximum absolute atomic E-state index is 10.4. The van der Waals surface area contributed by atoms with Gasteiger partial charge in [-0.3, -0.25) is 0 Å². The lowest BCUT2D eigenvalue weighted by Gasteiger charge is -2.57. The molecule has 4 aliphatic carbocycles. The maximum Gasteiger partial charge on any atom is 0.0622 e. The van der Waals surface area contributed by atoms with E-state index in [1.54, 1.807) is 0 Å². The van der Waals surface area contributed by atoms with Crippen LogP contribution >= 0.6 is 0 Å². The lowest BCUT2D eigenvalue weighted by Crippen LogP contribution is -2.50. The fourth-order valence-corrected chi connectivity index (χ4v) is 7.49. The van der Waals surface area contributed by atoms with Crippen LogP contribution in [0.1, 0.15) is 71.6 Å². The third kappa shape index (κ3) is 2.20. The lowest BCUT2D eigenvalue weighted by molar-refractivity contribution is -0.102. The minimum absolute atomic E-state index is 0.396. The summed E-state index contributed by atoms with van der Waals surface area (Å²) < 4.78 is 0. The first-order valence-electron chi connectivity index (χ1n) is 9.78. The molecule has 126 valence electrons. The van der Waals surface area contributed by atoms with E-state index in [2.05, 4.69) is 13.8 Å². The third-order valence-corrected chi connectivity index (χ3v) is 8.65. The highest BCUT2D eigenvalue weighted by Gasteiger charge is 2.57. The zero-order chi connectivity index (χ0) is 15.5.